The standard InChI is InChI=1S/C17H21NO3/c1-2-13(14-7-4-3-5-8-14)11-15(19)18-17(9-6-10-17)12-16(20)21/h2-5,7-8,13H,1,6,9-12H2,(H,18,19)(H,20,21). The summed E-state index contributed by atoms with van der Waals surface area (Å²) in [5.74, 6) is -1.02. The normalized spacial score (nSPS) is 17.3. The average Bonchev–Trinajstić information content (AvgIpc) is 2.42. The number of rotatable bonds is 7. The van der Waals surface area contributed by atoms with Gasteiger partial charge in [0.15, 0.2) is 0 Å². The largest absolute Gasteiger partial charge is 0.481 e. The van der Waals surface area contributed by atoms with E-state index in [-0.39, 0.29) is 18.2 Å². The molecule has 1 unspecified atom stereocenters. The summed E-state index contributed by atoms with van der Waals surface area (Å²) in [7, 11) is 0. The molecule has 2 N–H and O–H groups in total. The molecule has 1 atom stereocenters. The molecule has 0 spiro atoms. The van der Waals surface area contributed by atoms with Gasteiger partial charge < -0.3 is 10.4 Å². The Kier molecular flexibility index (Phi) is 4.78. The molecule has 4 nitrogen and oxygen atoms in total. The molecule has 1 amide bonds. The van der Waals surface area contributed by atoms with Crippen LogP contribution >= 0.6 is 0 Å². The number of hydrogen-bond donors (Lipinski definition) is 2. The van der Waals surface area contributed by atoms with E-state index in [2.05, 4.69) is 11.9 Å². The molecule has 0 saturated heterocycles. The molecule has 4 heteroatoms. The monoisotopic (exact) mass is 287 g/mol. The van der Waals surface area contributed by atoms with E-state index in [1.807, 2.05) is 30.3 Å². The maximum absolute atomic E-state index is 12.2. The van der Waals surface area contributed by atoms with Gasteiger partial charge in [-0.05, 0) is 24.8 Å². The number of allylic oxidation sites excluding steroid dienone is 1. The van der Waals surface area contributed by atoms with Crippen LogP contribution in [0.5, 0.6) is 0 Å². The van der Waals surface area contributed by atoms with Crippen molar-refractivity contribution in [3.63, 3.8) is 0 Å². The molecule has 1 aromatic carbocycles. The van der Waals surface area contributed by atoms with Crippen LogP contribution in [0.2, 0.25) is 0 Å². The second kappa shape index (κ2) is 6.57. The highest BCUT2D eigenvalue weighted by Gasteiger charge is 2.40. The minimum Gasteiger partial charge on any atom is -0.481 e. The van der Waals surface area contributed by atoms with Crippen molar-refractivity contribution in [1.82, 2.24) is 5.32 Å². The average molecular weight is 287 g/mol. The summed E-state index contributed by atoms with van der Waals surface area (Å²) >= 11 is 0. The number of carboxylic acid groups (broad SMARTS) is 1. The first-order valence-corrected chi connectivity index (χ1v) is 7.25. The third-order valence-corrected chi connectivity index (χ3v) is 4.12. The Bertz CT molecular complexity index is 520. The van der Waals surface area contributed by atoms with Crippen molar-refractivity contribution in [2.24, 2.45) is 0 Å². The minimum absolute atomic E-state index is 0.00281. The Morgan fingerprint density at radius 3 is 2.48 bits per heavy atom. The van der Waals surface area contributed by atoms with Crippen molar-refractivity contribution in [3.05, 3.63) is 48.6 Å². The molecule has 1 aromatic rings. The molecule has 2 rings (SSSR count). The van der Waals surface area contributed by atoms with Crippen molar-refractivity contribution in [2.75, 3.05) is 0 Å². The molecule has 1 saturated carbocycles. The zero-order valence-electron chi connectivity index (χ0n) is 12.0. The lowest BCUT2D eigenvalue weighted by Crippen LogP contribution is -2.54. The van der Waals surface area contributed by atoms with Gasteiger partial charge in [-0.3, -0.25) is 9.59 Å². The number of aliphatic carboxylic acids is 1. The maximum atomic E-state index is 12.2. The van der Waals surface area contributed by atoms with Gasteiger partial charge in [0.05, 0.1) is 12.0 Å². The number of benzene rings is 1. The quantitative estimate of drug-likeness (QED) is 0.758. The Labute approximate surface area is 124 Å². The molecular formula is C17H21NO3. The molecule has 0 radical (unpaired) electrons. The fourth-order valence-electron chi connectivity index (χ4n) is 2.82. The Hall–Kier alpha value is -2.10. The summed E-state index contributed by atoms with van der Waals surface area (Å²) in [6.07, 6.45) is 4.53. The van der Waals surface area contributed by atoms with Gasteiger partial charge in [0, 0.05) is 12.3 Å². The number of carboxylic acids is 1. The van der Waals surface area contributed by atoms with Crippen LogP contribution in [0.1, 0.15) is 43.6 Å². The summed E-state index contributed by atoms with van der Waals surface area (Å²) in [6.45, 7) is 3.80. The molecule has 21 heavy (non-hydrogen) atoms. The number of hydrogen-bond acceptors (Lipinski definition) is 2. The van der Waals surface area contributed by atoms with Crippen LogP contribution in [0.25, 0.3) is 0 Å². The Morgan fingerprint density at radius 1 is 1.33 bits per heavy atom. The summed E-state index contributed by atoms with van der Waals surface area (Å²) in [4.78, 5) is 23.1. The SMILES string of the molecule is C=CC(CC(=O)NC1(CC(=O)O)CCC1)c1ccccc1. The Morgan fingerprint density at radius 2 is 2.00 bits per heavy atom. The lowest BCUT2D eigenvalue weighted by Gasteiger charge is -2.41. The van der Waals surface area contributed by atoms with Crippen LogP contribution in [0.3, 0.4) is 0 Å². The van der Waals surface area contributed by atoms with Gasteiger partial charge in [-0.1, -0.05) is 36.4 Å². The second-order valence-electron chi connectivity index (χ2n) is 5.71. The maximum Gasteiger partial charge on any atom is 0.305 e. The first kappa shape index (κ1) is 15.3. The van der Waals surface area contributed by atoms with E-state index in [1.165, 1.54) is 0 Å². The van der Waals surface area contributed by atoms with E-state index in [0.717, 1.165) is 24.8 Å². The molecule has 0 aromatic heterocycles. The van der Waals surface area contributed by atoms with E-state index < -0.39 is 11.5 Å². The summed E-state index contributed by atoms with van der Waals surface area (Å²) in [5.41, 5.74) is 0.509. The smallest absolute Gasteiger partial charge is 0.305 e. The highest BCUT2D eigenvalue weighted by atomic mass is 16.4. The van der Waals surface area contributed by atoms with Gasteiger partial charge in [0.2, 0.25) is 5.91 Å². The van der Waals surface area contributed by atoms with Crippen molar-refractivity contribution >= 4 is 11.9 Å². The minimum atomic E-state index is -0.863. The topological polar surface area (TPSA) is 66.4 Å². The summed E-state index contributed by atoms with van der Waals surface area (Å²) in [6, 6.07) is 9.73. The number of carbonyl (C=O) groups is 2. The molecule has 0 heterocycles. The van der Waals surface area contributed by atoms with E-state index in [4.69, 9.17) is 5.11 Å². The van der Waals surface area contributed by atoms with Crippen LogP contribution < -0.4 is 5.32 Å². The summed E-state index contributed by atoms with van der Waals surface area (Å²) < 4.78 is 0. The van der Waals surface area contributed by atoms with Crippen LogP contribution in [0, 0.1) is 0 Å². The van der Waals surface area contributed by atoms with Crippen molar-refractivity contribution < 1.29 is 14.7 Å². The van der Waals surface area contributed by atoms with Crippen LogP contribution in [-0.4, -0.2) is 22.5 Å². The van der Waals surface area contributed by atoms with Gasteiger partial charge in [-0.15, -0.1) is 6.58 Å². The second-order valence-corrected chi connectivity index (χ2v) is 5.71. The van der Waals surface area contributed by atoms with Gasteiger partial charge in [-0.2, -0.15) is 0 Å². The molecular weight excluding hydrogens is 266 g/mol. The fraction of sp³-hybridized carbons (Fsp3) is 0.412. The highest BCUT2D eigenvalue weighted by molar-refractivity contribution is 5.79. The van der Waals surface area contributed by atoms with Crippen LogP contribution in [0.4, 0.5) is 0 Å². The van der Waals surface area contributed by atoms with Gasteiger partial charge in [0.1, 0.15) is 0 Å². The predicted octanol–water partition coefficient (Wildman–Crippen LogP) is 2.86. The van der Waals surface area contributed by atoms with E-state index >= 15 is 0 Å². The van der Waals surface area contributed by atoms with Crippen molar-refractivity contribution in [3.8, 4) is 0 Å². The van der Waals surface area contributed by atoms with Crippen LogP contribution in [-0.2, 0) is 9.59 Å². The number of nitrogens with one attached hydrogen (secondary N) is 1. The third kappa shape index (κ3) is 3.94. The Balaban J connectivity index is 1.97. The fourth-order valence-corrected chi connectivity index (χ4v) is 2.82. The first-order chi connectivity index (χ1) is 10.0. The van der Waals surface area contributed by atoms with Gasteiger partial charge in [-0.25, -0.2) is 0 Å². The summed E-state index contributed by atoms with van der Waals surface area (Å²) in [5, 5.41) is 11.9. The first-order valence-electron chi connectivity index (χ1n) is 7.25. The lowest BCUT2D eigenvalue weighted by atomic mass is 9.74. The zero-order chi connectivity index (χ0) is 15.3. The van der Waals surface area contributed by atoms with Gasteiger partial charge in [0.25, 0.3) is 0 Å². The predicted molar refractivity (Wildman–Crippen MR) is 81.0 cm³/mol. The molecule has 1 aliphatic rings. The number of amides is 1. The van der Waals surface area contributed by atoms with E-state index in [0.29, 0.717) is 6.42 Å². The van der Waals surface area contributed by atoms with E-state index in [9.17, 15) is 9.59 Å². The van der Waals surface area contributed by atoms with Gasteiger partial charge >= 0.3 is 5.97 Å². The molecule has 0 aliphatic heterocycles. The highest BCUT2D eigenvalue weighted by Crippen LogP contribution is 2.35. The lowest BCUT2D eigenvalue weighted by molar-refractivity contribution is -0.140. The van der Waals surface area contributed by atoms with Crippen molar-refractivity contribution in [2.45, 2.75) is 43.6 Å². The number of carbonyl (C=O) groups excluding carboxylic acids is 1. The van der Waals surface area contributed by atoms with Crippen molar-refractivity contribution in [1.29, 1.82) is 0 Å². The molecule has 1 aliphatic carbocycles. The molecule has 1 fully saturated rings. The third-order valence-electron chi connectivity index (χ3n) is 4.12. The van der Waals surface area contributed by atoms with Crippen LogP contribution in [0.15, 0.2) is 43.0 Å². The molecule has 0 bridgehead atoms. The zero-order valence-corrected chi connectivity index (χ0v) is 12.0. The van der Waals surface area contributed by atoms with E-state index in [1.54, 1.807) is 6.08 Å². The molecule has 112 valence electrons.